The first-order chi connectivity index (χ1) is 11.5. The van der Waals surface area contributed by atoms with Crippen LogP contribution in [-0.4, -0.2) is 32.1 Å². The summed E-state index contributed by atoms with van der Waals surface area (Å²) in [5, 5.41) is 11.7. The summed E-state index contributed by atoms with van der Waals surface area (Å²) in [6, 6.07) is 0. The van der Waals surface area contributed by atoms with Gasteiger partial charge in [-0.15, -0.1) is 0 Å². The number of carboxylic acid groups (broad SMARTS) is 1. The molecule has 4 aliphatic rings. The van der Waals surface area contributed by atoms with Gasteiger partial charge in [-0.05, 0) is 62.4 Å². The Labute approximate surface area is 144 Å². The monoisotopic (exact) mass is 331 g/mol. The summed E-state index contributed by atoms with van der Waals surface area (Å²) in [6.45, 7) is 4.43. The van der Waals surface area contributed by atoms with Crippen LogP contribution in [0.3, 0.4) is 0 Å². The highest BCUT2D eigenvalue weighted by molar-refractivity contribution is 5.87. The fourth-order valence-corrected chi connectivity index (χ4v) is 7.17. The van der Waals surface area contributed by atoms with Crippen LogP contribution in [0, 0.1) is 22.7 Å². The summed E-state index contributed by atoms with van der Waals surface area (Å²) in [4.78, 5) is 17.3. The van der Waals surface area contributed by atoms with Gasteiger partial charge >= 0.3 is 0 Å². The molecule has 0 aromatic rings. The highest BCUT2D eigenvalue weighted by Gasteiger charge is 2.69. The van der Waals surface area contributed by atoms with Crippen LogP contribution in [0.25, 0.3) is 0 Å². The van der Waals surface area contributed by atoms with E-state index in [9.17, 15) is 9.90 Å². The molecule has 3 N–H and O–H groups in total. The number of carbonyl (C=O) groups excluding carboxylic acids is 1. The molecule has 4 rings (SSSR count). The number of allylic oxidation sites excluding steroid dienone is 1. The van der Waals surface area contributed by atoms with E-state index in [1.165, 1.54) is 29.7 Å². The number of rotatable bonds is 1. The maximum absolute atomic E-state index is 11.7. The lowest BCUT2D eigenvalue weighted by Gasteiger charge is -2.56. The van der Waals surface area contributed by atoms with Crippen LogP contribution in [0.15, 0.2) is 16.1 Å². The molecule has 2 bridgehead atoms. The average molecular weight is 331 g/mol. The number of carbonyl (C=O) groups is 1. The van der Waals surface area contributed by atoms with Gasteiger partial charge in [0.05, 0.1) is 19.1 Å². The second-order valence-corrected chi connectivity index (χ2v) is 8.49. The van der Waals surface area contributed by atoms with Crippen molar-refractivity contribution in [3.05, 3.63) is 11.1 Å². The molecule has 1 aliphatic heterocycles. The first kappa shape index (κ1) is 16.1. The molecular formula is C19H29N3O2. The predicted molar refractivity (Wildman–Crippen MR) is 90.1 cm³/mol. The minimum atomic E-state index is -0.925. The van der Waals surface area contributed by atoms with Gasteiger partial charge < -0.3 is 15.6 Å². The normalized spacial score (nSPS) is 44.9. The SMILES string of the molecule is CN=C(N)[NH+]1CCCC2(C1)C1CCC(C)C23CCC(C(=O)[O-])=C3C1. The van der Waals surface area contributed by atoms with Crippen LogP contribution >= 0.6 is 0 Å². The maximum Gasteiger partial charge on any atom is 0.293 e. The molecule has 0 aromatic heterocycles. The van der Waals surface area contributed by atoms with Gasteiger partial charge in [-0.25, -0.2) is 4.99 Å². The van der Waals surface area contributed by atoms with Crippen LogP contribution in [-0.2, 0) is 4.79 Å². The summed E-state index contributed by atoms with van der Waals surface area (Å²) in [6.07, 6.45) is 7.50. The smallest absolute Gasteiger partial charge is 0.293 e. The van der Waals surface area contributed by atoms with Crippen LogP contribution in [0.1, 0.15) is 51.9 Å². The van der Waals surface area contributed by atoms with E-state index in [-0.39, 0.29) is 10.8 Å². The zero-order valence-electron chi connectivity index (χ0n) is 14.9. The molecule has 2 spiro atoms. The van der Waals surface area contributed by atoms with E-state index >= 15 is 0 Å². The van der Waals surface area contributed by atoms with Crippen LogP contribution in [0.4, 0.5) is 0 Å². The third kappa shape index (κ3) is 1.79. The third-order valence-corrected chi connectivity index (χ3v) is 8.06. The van der Waals surface area contributed by atoms with Crippen molar-refractivity contribution in [1.29, 1.82) is 0 Å². The van der Waals surface area contributed by atoms with Gasteiger partial charge in [0.2, 0.25) is 0 Å². The predicted octanol–water partition coefficient (Wildman–Crippen LogP) is -0.127. The van der Waals surface area contributed by atoms with Crippen molar-refractivity contribution in [3.8, 4) is 0 Å². The number of piperidine rings is 1. The molecule has 3 aliphatic carbocycles. The van der Waals surface area contributed by atoms with Crippen LogP contribution in [0.2, 0.25) is 0 Å². The minimum Gasteiger partial charge on any atom is -0.545 e. The number of nitrogens with zero attached hydrogens (tertiary/aromatic N) is 1. The average Bonchev–Trinajstić information content (AvgIpc) is 3.02. The Morgan fingerprint density at radius 3 is 2.88 bits per heavy atom. The molecule has 0 aromatic carbocycles. The van der Waals surface area contributed by atoms with Gasteiger partial charge in [0.25, 0.3) is 5.96 Å². The van der Waals surface area contributed by atoms with Crippen molar-refractivity contribution in [1.82, 2.24) is 0 Å². The molecule has 5 nitrogen and oxygen atoms in total. The molecule has 5 heteroatoms. The lowest BCUT2D eigenvalue weighted by atomic mass is 9.49. The Morgan fingerprint density at radius 1 is 1.38 bits per heavy atom. The number of aliphatic carboxylic acids is 1. The second-order valence-electron chi connectivity index (χ2n) is 8.49. The number of carboxylic acids is 1. The number of likely N-dealkylation sites (tertiary alicyclic amines) is 1. The molecule has 24 heavy (non-hydrogen) atoms. The van der Waals surface area contributed by atoms with Crippen molar-refractivity contribution >= 4 is 11.9 Å². The summed E-state index contributed by atoms with van der Waals surface area (Å²) in [5.74, 6) is 0.957. The molecule has 1 saturated heterocycles. The largest absolute Gasteiger partial charge is 0.545 e. The minimum absolute atomic E-state index is 0.0744. The summed E-state index contributed by atoms with van der Waals surface area (Å²) >= 11 is 0. The Hall–Kier alpha value is -1.36. The highest BCUT2D eigenvalue weighted by Crippen LogP contribution is 2.74. The Morgan fingerprint density at radius 2 is 2.17 bits per heavy atom. The standard InChI is InChI=1S/C19H29N3O2/c1-12-4-5-13-10-15-14(16(23)24)6-8-19(12,15)18(13)7-3-9-22(11-18)17(20)21-2/h12-13H,3-11H2,1-2H3,(H2,20,21)(H,23,24). The molecule has 132 valence electrons. The third-order valence-electron chi connectivity index (χ3n) is 8.06. The zero-order chi connectivity index (χ0) is 17.1. The summed E-state index contributed by atoms with van der Waals surface area (Å²) in [5.41, 5.74) is 8.36. The number of guanidine groups is 1. The molecule has 3 fully saturated rings. The Kier molecular flexibility index (Phi) is 3.57. The van der Waals surface area contributed by atoms with E-state index in [2.05, 4.69) is 11.9 Å². The van der Waals surface area contributed by atoms with Crippen molar-refractivity contribution in [2.45, 2.75) is 51.9 Å². The van der Waals surface area contributed by atoms with Gasteiger partial charge in [0.1, 0.15) is 0 Å². The van der Waals surface area contributed by atoms with Crippen molar-refractivity contribution in [3.63, 3.8) is 0 Å². The van der Waals surface area contributed by atoms with E-state index in [1.807, 2.05) is 0 Å². The molecule has 0 amide bonds. The summed E-state index contributed by atoms with van der Waals surface area (Å²) in [7, 11) is 1.77. The number of quaternary nitrogens is 1. The van der Waals surface area contributed by atoms with Crippen LogP contribution < -0.4 is 15.7 Å². The van der Waals surface area contributed by atoms with Gasteiger partial charge in [0.15, 0.2) is 0 Å². The van der Waals surface area contributed by atoms with E-state index in [0.717, 1.165) is 32.4 Å². The molecule has 5 atom stereocenters. The number of nitrogens with one attached hydrogen (secondary N) is 1. The lowest BCUT2D eigenvalue weighted by Crippen LogP contribution is -3.18. The summed E-state index contributed by atoms with van der Waals surface area (Å²) < 4.78 is 0. The molecule has 0 radical (unpaired) electrons. The molecular weight excluding hydrogens is 302 g/mol. The fourth-order valence-electron chi connectivity index (χ4n) is 7.17. The first-order valence-electron chi connectivity index (χ1n) is 9.47. The Balaban J connectivity index is 1.83. The van der Waals surface area contributed by atoms with Gasteiger partial charge in [-0.1, -0.05) is 12.5 Å². The Bertz CT molecular complexity index is 641. The van der Waals surface area contributed by atoms with Crippen molar-refractivity contribution in [2.75, 3.05) is 20.1 Å². The number of nitrogens with two attached hydrogens (primary N) is 1. The topological polar surface area (TPSA) is 82.9 Å². The van der Waals surface area contributed by atoms with E-state index in [1.54, 1.807) is 7.05 Å². The zero-order valence-corrected chi connectivity index (χ0v) is 14.9. The lowest BCUT2D eigenvalue weighted by molar-refractivity contribution is -0.826. The highest BCUT2D eigenvalue weighted by atomic mass is 16.4. The molecule has 1 heterocycles. The van der Waals surface area contributed by atoms with Crippen molar-refractivity contribution in [2.24, 2.45) is 33.4 Å². The molecule has 5 unspecified atom stereocenters. The fraction of sp³-hybridized carbons (Fsp3) is 0.789. The van der Waals surface area contributed by atoms with Gasteiger partial charge in [-0.2, -0.15) is 0 Å². The quantitative estimate of drug-likeness (QED) is 0.519. The maximum atomic E-state index is 11.7. The number of hydrogen-bond donors (Lipinski definition) is 2. The van der Waals surface area contributed by atoms with Crippen LogP contribution in [0.5, 0.6) is 0 Å². The second kappa shape index (κ2) is 5.32. The van der Waals surface area contributed by atoms with E-state index < -0.39 is 5.97 Å². The number of hydrogen-bond acceptors (Lipinski definition) is 3. The van der Waals surface area contributed by atoms with Crippen molar-refractivity contribution < 1.29 is 14.8 Å². The first-order valence-corrected chi connectivity index (χ1v) is 9.47. The van der Waals surface area contributed by atoms with E-state index in [4.69, 9.17) is 5.73 Å². The molecule has 2 saturated carbocycles. The van der Waals surface area contributed by atoms with Gasteiger partial charge in [0, 0.05) is 17.9 Å². The van der Waals surface area contributed by atoms with Gasteiger partial charge in [-0.3, -0.25) is 4.90 Å². The number of aliphatic imine (C=N–C) groups is 1. The van der Waals surface area contributed by atoms with E-state index in [0.29, 0.717) is 29.8 Å².